The number of hydrogen-bond donors (Lipinski definition) is 0. The maximum atomic E-state index is 6.88. The molecule has 0 amide bonds. The van der Waals surface area contributed by atoms with Crippen LogP contribution in [-0.2, 0) is 27.1 Å². The summed E-state index contributed by atoms with van der Waals surface area (Å²) in [5.74, 6) is 0. The van der Waals surface area contributed by atoms with Crippen molar-refractivity contribution in [1.29, 1.82) is 0 Å². The van der Waals surface area contributed by atoms with E-state index in [0.717, 1.165) is 80.9 Å². The van der Waals surface area contributed by atoms with Crippen LogP contribution in [0.3, 0.4) is 0 Å². The highest BCUT2D eigenvalue weighted by Crippen LogP contribution is 2.63. The van der Waals surface area contributed by atoms with Crippen molar-refractivity contribution in [2.24, 2.45) is 0 Å². The van der Waals surface area contributed by atoms with Gasteiger partial charge in [-0.25, -0.2) is 0 Å². The Hall–Kier alpha value is -7.96. The van der Waals surface area contributed by atoms with Crippen molar-refractivity contribution >= 4 is 112 Å². The highest BCUT2D eigenvalue weighted by atomic mass is 16.3. The lowest BCUT2D eigenvalue weighted by Gasteiger charge is -2.51. The Labute approximate surface area is 482 Å². The van der Waals surface area contributed by atoms with Crippen LogP contribution < -0.4 is 31.1 Å². The topological polar surface area (TPSA) is 36.0 Å². The number of hydrogen-bond acceptors (Lipinski definition) is 5. The fourth-order valence-corrected chi connectivity index (χ4v) is 17.6. The summed E-state index contributed by atoms with van der Waals surface area (Å²) in [5, 5.41) is 4.51. The molecule has 0 saturated heterocycles. The van der Waals surface area contributed by atoms with Gasteiger partial charge in [-0.1, -0.05) is 178 Å². The van der Waals surface area contributed by atoms with Gasteiger partial charge in [0.25, 0.3) is 6.71 Å². The van der Waals surface area contributed by atoms with E-state index in [2.05, 4.69) is 254 Å². The first kappa shape index (κ1) is 48.7. The molecule has 5 nitrogen and oxygen atoms in total. The molecule has 2 atom stereocenters. The lowest BCUT2D eigenvalue weighted by Crippen LogP contribution is -2.62. The number of nitrogens with zero attached hydrogens (tertiary/aromatic N) is 3. The van der Waals surface area contributed by atoms with Crippen molar-refractivity contribution in [3.8, 4) is 0 Å². The largest absolute Gasteiger partial charge is 0.456 e. The summed E-state index contributed by atoms with van der Waals surface area (Å²) in [6.07, 6.45) is 6.92. The number of furan rings is 2. The van der Waals surface area contributed by atoms with Crippen molar-refractivity contribution < 1.29 is 8.83 Å². The van der Waals surface area contributed by atoms with Gasteiger partial charge in [0.2, 0.25) is 0 Å². The second kappa shape index (κ2) is 16.0. The van der Waals surface area contributed by atoms with E-state index < -0.39 is 0 Å². The normalized spacial score (nSPS) is 21.9. The second-order valence-corrected chi connectivity index (χ2v) is 28.1. The Balaban J connectivity index is 1.08. The lowest BCUT2D eigenvalue weighted by atomic mass is 9.32. The smallest absolute Gasteiger partial charge is 0.252 e. The van der Waals surface area contributed by atoms with Crippen molar-refractivity contribution in [1.82, 2.24) is 0 Å². The number of anilines is 8. The van der Waals surface area contributed by atoms with Crippen LogP contribution in [0.5, 0.6) is 0 Å². The summed E-state index contributed by atoms with van der Waals surface area (Å²) in [6.45, 7) is 24.9. The van der Waals surface area contributed by atoms with E-state index in [1.165, 1.54) is 102 Å². The molecule has 82 heavy (non-hydrogen) atoms. The van der Waals surface area contributed by atoms with Crippen LogP contribution in [0.25, 0.3) is 43.9 Å². The van der Waals surface area contributed by atoms with Gasteiger partial charge in [0.05, 0.1) is 27.7 Å². The van der Waals surface area contributed by atoms with Crippen molar-refractivity contribution in [2.45, 2.75) is 140 Å². The van der Waals surface area contributed by atoms with Crippen molar-refractivity contribution in [2.75, 3.05) is 14.7 Å². The summed E-state index contributed by atoms with van der Waals surface area (Å²) < 4.78 is 13.7. The number of rotatable bonds is 3. The third kappa shape index (κ3) is 6.06. The molecular weight excluding hydrogens is 998 g/mol. The second-order valence-electron chi connectivity index (χ2n) is 28.1. The van der Waals surface area contributed by atoms with Crippen LogP contribution in [0, 0.1) is 0 Å². The first-order valence-electron chi connectivity index (χ1n) is 30.4. The molecule has 0 N–H and O–H groups in total. The van der Waals surface area contributed by atoms with E-state index in [0.29, 0.717) is 0 Å². The SMILES string of the molecule is CC1(C)CCC(C)(C)c2cc3c(cc21)B1c2cc4c(cc2N(c2cccc5oc6ccccc6c25)c2cc(N5c6ccccc6C6(C)CCCCC56C)cc(c21)N3c1cccc2oc3ccccc3c12)C(C)(C)c1ccccc1C4(C)C. The van der Waals surface area contributed by atoms with E-state index in [4.69, 9.17) is 8.83 Å². The van der Waals surface area contributed by atoms with Gasteiger partial charge in [-0.3, -0.25) is 0 Å². The molecule has 11 aromatic rings. The van der Waals surface area contributed by atoms with Crippen LogP contribution in [0.1, 0.15) is 147 Å². The van der Waals surface area contributed by atoms with Crippen molar-refractivity contribution in [3.63, 3.8) is 0 Å². The van der Waals surface area contributed by atoms with Crippen LogP contribution in [0.15, 0.2) is 179 Å². The Morgan fingerprint density at radius 1 is 0.366 bits per heavy atom. The van der Waals surface area contributed by atoms with Gasteiger partial charge >= 0.3 is 0 Å². The first-order valence-corrected chi connectivity index (χ1v) is 30.4. The predicted molar refractivity (Wildman–Crippen MR) is 344 cm³/mol. The van der Waals surface area contributed by atoms with Gasteiger partial charge < -0.3 is 23.5 Å². The molecule has 5 heterocycles. The Morgan fingerprint density at radius 3 is 1.38 bits per heavy atom. The van der Waals surface area contributed by atoms with Gasteiger partial charge in [0.1, 0.15) is 22.3 Å². The number of benzene rings is 9. The van der Waals surface area contributed by atoms with Crippen LogP contribution in [0.2, 0.25) is 0 Å². The van der Waals surface area contributed by atoms with Crippen LogP contribution in [0.4, 0.5) is 45.5 Å². The summed E-state index contributed by atoms with van der Waals surface area (Å²) in [4.78, 5) is 8.22. The van der Waals surface area contributed by atoms with Crippen molar-refractivity contribution in [3.05, 3.63) is 209 Å². The minimum absolute atomic E-state index is 0.0310. The molecule has 0 bridgehead atoms. The summed E-state index contributed by atoms with van der Waals surface area (Å²) in [7, 11) is 0. The number of para-hydroxylation sites is 3. The standard InChI is InChI=1S/C76H70BN3O2/c1-71(2)37-38-72(3,4)52-43-60-55(41-51(52)71)77-56-42-53-54(74(7,8)49-26-14-13-25-48(49)73(53,5)6)44-61(56)79(59-30-22-34-67-69(59)47-24-12-18-32-65(47)82-67)63-40-45(80-57-28-16-15-27-50(57)75(9)35-19-20-36-76(75,80)10)39-62(70(63)77)78(60)58-29-21-33-66-68(58)46-23-11-17-31-64(46)81-66/h11-18,21-34,39-44H,19-20,35-38H2,1-10H3. The molecule has 2 unspecified atom stereocenters. The molecule has 2 aromatic heterocycles. The third-order valence-electron chi connectivity index (χ3n) is 22.3. The van der Waals surface area contributed by atoms with E-state index >= 15 is 0 Å². The summed E-state index contributed by atoms with van der Waals surface area (Å²) in [6, 6.07) is 65.5. The van der Waals surface area contributed by atoms with Gasteiger partial charge in [-0.15, -0.1) is 0 Å². The Morgan fingerprint density at radius 2 is 0.805 bits per heavy atom. The zero-order valence-corrected chi connectivity index (χ0v) is 49.1. The van der Waals surface area contributed by atoms with Gasteiger partial charge in [0.15, 0.2) is 0 Å². The first-order chi connectivity index (χ1) is 39.4. The monoisotopic (exact) mass is 1070 g/mol. The fraction of sp³-hybridized carbons (Fsp3) is 0.289. The maximum Gasteiger partial charge on any atom is 0.252 e. The highest BCUT2D eigenvalue weighted by molar-refractivity contribution is 7.00. The molecule has 3 aliphatic heterocycles. The van der Waals surface area contributed by atoms with Gasteiger partial charge in [-0.05, 0) is 165 Å². The zero-order valence-electron chi connectivity index (χ0n) is 49.1. The quantitative estimate of drug-likeness (QED) is 0.165. The zero-order chi connectivity index (χ0) is 55.8. The molecule has 17 rings (SSSR count). The van der Waals surface area contributed by atoms with E-state index in [-0.39, 0.29) is 39.3 Å². The summed E-state index contributed by atoms with van der Waals surface area (Å²) in [5.41, 5.74) is 26.4. The molecular formula is C76H70BN3O2. The molecule has 1 saturated carbocycles. The van der Waals surface area contributed by atoms with Crippen LogP contribution in [-0.4, -0.2) is 12.3 Å². The number of fused-ring (bicyclic) bond motifs is 16. The maximum absolute atomic E-state index is 6.88. The fourth-order valence-electron chi connectivity index (χ4n) is 17.6. The average Bonchev–Trinajstić information content (AvgIpc) is 4.16. The molecule has 0 spiro atoms. The highest BCUT2D eigenvalue weighted by Gasteiger charge is 2.58. The summed E-state index contributed by atoms with van der Waals surface area (Å²) >= 11 is 0. The molecule has 404 valence electrons. The molecule has 1 fully saturated rings. The molecule has 9 aromatic carbocycles. The Kier molecular flexibility index (Phi) is 9.49. The van der Waals surface area contributed by atoms with Crippen LogP contribution >= 0.6 is 0 Å². The molecule has 0 radical (unpaired) electrons. The molecule has 6 aliphatic rings. The molecule has 6 heteroatoms. The minimum Gasteiger partial charge on any atom is -0.456 e. The van der Waals surface area contributed by atoms with Gasteiger partial charge in [0, 0.05) is 61.1 Å². The van der Waals surface area contributed by atoms with E-state index in [1.807, 2.05) is 0 Å². The van der Waals surface area contributed by atoms with Gasteiger partial charge in [-0.2, -0.15) is 0 Å². The Bertz CT molecular complexity index is 4630. The predicted octanol–water partition coefficient (Wildman–Crippen LogP) is 18.6. The van der Waals surface area contributed by atoms with E-state index in [9.17, 15) is 0 Å². The average molecular weight is 1070 g/mol. The van der Waals surface area contributed by atoms with E-state index in [1.54, 1.807) is 0 Å². The third-order valence-corrected chi connectivity index (χ3v) is 22.3. The lowest BCUT2D eigenvalue weighted by molar-refractivity contribution is 0.195. The minimum atomic E-state index is -0.287. The molecule has 3 aliphatic carbocycles.